The summed E-state index contributed by atoms with van der Waals surface area (Å²) in [6.07, 6.45) is 2.87. The number of carbonyl (C=O) groups excluding carboxylic acids is 2. The molecule has 0 saturated carbocycles. The molecule has 1 aliphatic rings. The molecule has 0 aliphatic heterocycles. The van der Waals surface area contributed by atoms with E-state index in [9.17, 15) is 9.59 Å². The summed E-state index contributed by atoms with van der Waals surface area (Å²) in [5, 5.41) is 6.12. The molecule has 0 spiro atoms. The van der Waals surface area contributed by atoms with Crippen LogP contribution in [-0.4, -0.2) is 28.4 Å². The van der Waals surface area contributed by atoms with Crippen LogP contribution in [0.1, 0.15) is 47.5 Å². The fourth-order valence-electron chi connectivity index (χ4n) is 2.62. The molecule has 0 aromatic carbocycles. The number of fused-ring (bicyclic) bond motifs is 1. The first-order valence-electron chi connectivity index (χ1n) is 7.66. The predicted molar refractivity (Wildman–Crippen MR) is 98.4 cm³/mol. The summed E-state index contributed by atoms with van der Waals surface area (Å²) in [7, 11) is 0. The zero-order valence-corrected chi connectivity index (χ0v) is 16.5. The Bertz CT molecular complexity index is 628. The molecule has 1 atom stereocenters. The minimum Gasteiger partial charge on any atom is -0.462 e. The number of carbonyl (C=O) groups is 2. The highest BCUT2D eigenvalue weighted by Gasteiger charge is 2.36. The average molecular weight is 414 g/mol. The molecule has 9 heteroatoms. The minimum atomic E-state index is -1.78. The van der Waals surface area contributed by atoms with Gasteiger partial charge in [0.25, 0.3) is 0 Å². The molecule has 0 radical (unpaired) electrons. The van der Waals surface area contributed by atoms with Crippen LogP contribution < -0.4 is 10.6 Å². The van der Waals surface area contributed by atoms with Crippen LogP contribution in [-0.2, 0) is 22.4 Å². The van der Waals surface area contributed by atoms with Crippen molar-refractivity contribution in [2.75, 3.05) is 11.9 Å². The normalized spacial score (nSPS) is 15.4. The fourth-order valence-corrected chi connectivity index (χ4v) is 4.25. The summed E-state index contributed by atoms with van der Waals surface area (Å²) in [5.41, 5.74) is 1.49. The van der Waals surface area contributed by atoms with E-state index in [4.69, 9.17) is 39.5 Å². The van der Waals surface area contributed by atoms with Gasteiger partial charge in [0, 0.05) is 11.8 Å². The van der Waals surface area contributed by atoms with Gasteiger partial charge in [-0.1, -0.05) is 34.8 Å². The number of nitrogens with one attached hydrogen (secondary N) is 2. The summed E-state index contributed by atoms with van der Waals surface area (Å²) >= 11 is 19.3. The average Bonchev–Trinajstić information content (AvgIpc) is 2.83. The number of rotatable bonds is 5. The van der Waals surface area contributed by atoms with Crippen molar-refractivity contribution in [2.45, 2.75) is 49.5 Å². The van der Waals surface area contributed by atoms with E-state index >= 15 is 0 Å². The summed E-state index contributed by atoms with van der Waals surface area (Å²) in [6.45, 7) is 3.37. The van der Waals surface area contributed by atoms with Crippen molar-refractivity contribution in [3.05, 3.63) is 16.0 Å². The Hall–Kier alpha value is -0.690. The Kier molecular flexibility index (Phi) is 6.65. The molecule has 1 aromatic heterocycles. The quantitative estimate of drug-likeness (QED) is 0.434. The number of ether oxygens (including phenoxy) is 1. The third-order valence-corrected chi connectivity index (χ3v) is 5.48. The Morgan fingerprint density at radius 2 is 1.96 bits per heavy atom. The number of aryl methyl sites for hydroxylation is 1. The van der Waals surface area contributed by atoms with E-state index in [2.05, 4.69) is 10.6 Å². The topological polar surface area (TPSA) is 67.4 Å². The minimum absolute atomic E-state index is 0.280. The molecule has 2 rings (SSSR count). The molecular formula is C15H19Cl3N2O3S. The van der Waals surface area contributed by atoms with Crippen LogP contribution in [0, 0.1) is 0 Å². The maximum Gasteiger partial charge on any atom is 0.341 e. The van der Waals surface area contributed by atoms with Gasteiger partial charge in [0.15, 0.2) is 0 Å². The number of esters is 1. The number of halogens is 3. The first-order chi connectivity index (χ1) is 11.2. The molecule has 1 aliphatic carbocycles. The standard InChI is InChI=1S/C15H19Cl3N2O3S/c1-3-23-13(22)11-9-6-4-5-7-10(9)24-12(11)20-14(15(16,17)18)19-8(2)21/h14,20H,3-7H2,1-2H3,(H,19,21)/t14-/m0/s1. The SMILES string of the molecule is CCOC(=O)c1c(N[C@H](NC(C)=O)C(Cl)(Cl)Cl)sc2c1CCCC2. The van der Waals surface area contributed by atoms with Crippen LogP contribution >= 0.6 is 46.1 Å². The van der Waals surface area contributed by atoms with Gasteiger partial charge < -0.3 is 15.4 Å². The molecule has 0 fully saturated rings. The molecule has 5 nitrogen and oxygen atoms in total. The maximum atomic E-state index is 12.4. The predicted octanol–water partition coefficient (Wildman–Crippen LogP) is 4.05. The number of amides is 1. The largest absolute Gasteiger partial charge is 0.462 e. The lowest BCUT2D eigenvalue weighted by molar-refractivity contribution is -0.119. The Morgan fingerprint density at radius 1 is 1.29 bits per heavy atom. The van der Waals surface area contributed by atoms with E-state index in [1.165, 1.54) is 18.3 Å². The zero-order valence-electron chi connectivity index (χ0n) is 13.4. The van der Waals surface area contributed by atoms with Gasteiger partial charge in [0.1, 0.15) is 11.2 Å². The molecule has 0 saturated heterocycles. The number of hydrogen-bond donors (Lipinski definition) is 2. The smallest absolute Gasteiger partial charge is 0.341 e. The lowest BCUT2D eigenvalue weighted by Crippen LogP contribution is -2.48. The second-order valence-corrected chi connectivity index (χ2v) is 8.93. The fraction of sp³-hybridized carbons (Fsp3) is 0.600. The highest BCUT2D eigenvalue weighted by molar-refractivity contribution is 7.16. The van der Waals surface area contributed by atoms with E-state index in [-0.39, 0.29) is 12.5 Å². The lowest BCUT2D eigenvalue weighted by atomic mass is 9.95. The number of hydrogen-bond acceptors (Lipinski definition) is 5. The van der Waals surface area contributed by atoms with Gasteiger partial charge >= 0.3 is 5.97 Å². The first-order valence-corrected chi connectivity index (χ1v) is 9.61. The third kappa shape index (κ3) is 4.69. The molecule has 0 bridgehead atoms. The maximum absolute atomic E-state index is 12.4. The Balaban J connectivity index is 2.39. The van der Waals surface area contributed by atoms with Gasteiger partial charge in [0.2, 0.25) is 9.70 Å². The van der Waals surface area contributed by atoms with Gasteiger partial charge in [-0.15, -0.1) is 11.3 Å². The van der Waals surface area contributed by atoms with E-state index in [0.717, 1.165) is 36.1 Å². The summed E-state index contributed by atoms with van der Waals surface area (Å²) < 4.78 is 3.41. The molecule has 134 valence electrons. The molecule has 1 amide bonds. The van der Waals surface area contributed by atoms with Crippen molar-refractivity contribution in [3.63, 3.8) is 0 Å². The van der Waals surface area contributed by atoms with Crippen molar-refractivity contribution in [3.8, 4) is 0 Å². The third-order valence-electron chi connectivity index (χ3n) is 3.60. The molecule has 0 unspecified atom stereocenters. The van der Waals surface area contributed by atoms with E-state index in [1.54, 1.807) is 6.92 Å². The van der Waals surface area contributed by atoms with E-state index < -0.39 is 15.9 Å². The van der Waals surface area contributed by atoms with Crippen LogP contribution in [0.15, 0.2) is 0 Å². The molecular weight excluding hydrogens is 395 g/mol. The van der Waals surface area contributed by atoms with Crippen LogP contribution in [0.4, 0.5) is 5.00 Å². The van der Waals surface area contributed by atoms with Crippen molar-refractivity contribution in [1.82, 2.24) is 5.32 Å². The van der Waals surface area contributed by atoms with Gasteiger partial charge in [-0.25, -0.2) is 4.79 Å². The number of anilines is 1. The molecule has 2 N–H and O–H groups in total. The Morgan fingerprint density at radius 3 is 2.54 bits per heavy atom. The van der Waals surface area contributed by atoms with Crippen LogP contribution in [0.3, 0.4) is 0 Å². The van der Waals surface area contributed by atoms with Gasteiger partial charge in [-0.05, 0) is 38.2 Å². The number of thiophene rings is 1. The highest BCUT2D eigenvalue weighted by Crippen LogP contribution is 2.40. The molecule has 24 heavy (non-hydrogen) atoms. The van der Waals surface area contributed by atoms with Crippen LogP contribution in [0.2, 0.25) is 0 Å². The van der Waals surface area contributed by atoms with Gasteiger partial charge in [-0.2, -0.15) is 0 Å². The lowest BCUT2D eigenvalue weighted by Gasteiger charge is -2.26. The summed E-state index contributed by atoms with van der Waals surface area (Å²) in [4.78, 5) is 24.9. The first kappa shape index (κ1) is 19.6. The van der Waals surface area contributed by atoms with Crippen molar-refractivity contribution in [2.24, 2.45) is 0 Å². The zero-order chi connectivity index (χ0) is 17.9. The van der Waals surface area contributed by atoms with E-state index in [0.29, 0.717) is 10.6 Å². The molecule has 1 heterocycles. The second-order valence-electron chi connectivity index (χ2n) is 5.45. The van der Waals surface area contributed by atoms with Crippen LogP contribution in [0.25, 0.3) is 0 Å². The van der Waals surface area contributed by atoms with Crippen molar-refractivity contribution in [1.29, 1.82) is 0 Å². The second kappa shape index (κ2) is 8.13. The van der Waals surface area contributed by atoms with Crippen molar-refractivity contribution < 1.29 is 14.3 Å². The van der Waals surface area contributed by atoms with Crippen LogP contribution in [0.5, 0.6) is 0 Å². The van der Waals surface area contributed by atoms with Gasteiger partial charge in [0.05, 0.1) is 12.2 Å². The Labute approximate surface area is 160 Å². The summed E-state index contributed by atoms with van der Waals surface area (Å²) in [6, 6.07) is 0. The number of alkyl halides is 3. The highest BCUT2D eigenvalue weighted by atomic mass is 35.6. The monoisotopic (exact) mass is 412 g/mol. The molecule has 1 aromatic rings. The van der Waals surface area contributed by atoms with Crippen molar-refractivity contribution >= 4 is 63.0 Å². The van der Waals surface area contributed by atoms with Gasteiger partial charge in [-0.3, -0.25) is 4.79 Å². The summed E-state index contributed by atoms with van der Waals surface area (Å²) in [5.74, 6) is -0.747. The van der Waals surface area contributed by atoms with E-state index in [1.807, 2.05) is 0 Å².